The lowest BCUT2D eigenvalue weighted by molar-refractivity contribution is -0.0167. The van der Waals surface area contributed by atoms with Gasteiger partial charge >= 0.3 is 12.2 Å². The summed E-state index contributed by atoms with van der Waals surface area (Å²) in [6, 6.07) is 25.0. The number of aliphatic hydroxyl groups excluding tert-OH is 1. The molecule has 0 aliphatic carbocycles. The van der Waals surface area contributed by atoms with E-state index in [2.05, 4.69) is 5.32 Å². The standard InChI is InChI=1S/C27H29N3O6/c1-29(26(33)35-19-22-8-4-2-5-9-22)30(27(34)36-20-23-10-6-3-7-11-23)18-21-12-14-24(15-13-21)25(32)28-16-17-31/h2-15,31H,16-20H2,1H3,(H,28,32). The first kappa shape index (κ1) is 26.2. The predicted molar refractivity (Wildman–Crippen MR) is 132 cm³/mol. The van der Waals surface area contributed by atoms with Gasteiger partial charge in [0.1, 0.15) is 13.2 Å². The second-order valence-corrected chi connectivity index (χ2v) is 7.84. The summed E-state index contributed by atoms with van der Waals surface area (Å²) in [5, 5.41) is 13.6. The van der Waals surface area contributed by atoms with Crippen LogP contribution in [-0.2, 0) is 29.2 Å². The summed E-state index contributed by atoms with van der Waals surface area (Å²) in [4.78, 5) is 37.8. The second-order valence-electron chi connectivity index (χ2n) is 7.84. The van der Waals surface area contributed by atoms with Crippen molar-refractivity contribution < 1.29 is 29.0 Å². The maximum absolute atomic E-state index is 13.0. The van der Waals surface area contributed by atoms with Gasteiger partial charge in [0.05, 0.1) is 13.2 Å². The van der Waals surface area contributed by atoms with Crippen LogP contribution < -0.4 is 5.32 Å². The van der Waals surface area contributed by atoms with Crippen molar-refractivity contribution >= 4 is 18.1 Å². The zero-order valence-electron chi connectivity index (χ0n) is 20.0. The van der Waals surface area contributed by atoms with Gasteiger partial charge in [0.15, 0.2) is 0 Å². The average Bonchev–Trinajstić information content (AvgIpc) is 2.93. The minimum atomic E-state index is -0.734. The van der Waals surface area contributed by atoms with E-state index in [0.717, 1.165) is 21.1 Å². The molecule has 0 saturated carbocycles. The van der Waals surface area contributed by atoms with Crippen LogP contribution in [-0.4, -0.2) is 53.4 Å². The van der Waals surface area contributed by atoms with Crippen LogP contribution in [0.5, 0.6) is 0 Å². The summed E-state index contributed by atoms with van der Waals surface area (Å²) in [6.45, 7) is 0.0821. The number of carbonyl (C=O) groups is 3. The van der Waals surface area contributed by atoms with Gasteiger partial charge in [-0.15, -0.1) is 0 Å². The van der Waals surface area contributed by atoms with Crippen molar-refractivity contribution in [3.63, 3.8) is 0 Å². The van der Waals surface area contributed by atoms with Crippen LogP contribution in [0.4, 0.5) is 9.59 Å². The maximum Gasteiger partial charge on any atom is 0.429 e. The summed E-state index contributed by atoms with van der Waals surface area (Å²) in [5.41, 5.74) is 2.68. The number of ether oxygens (including phenoxy) is 2. The molecule has 9 nitrogen and oxygen atoms in total. The molecule has 9 heteroatoms. The third-order valence-corrected chi connectivity index (χ3v) is 5.19. The number of aliphatic hydroxyl groups is 1. The molecular weight excluding hydrogens is 462 g/mol. The molecule has 2 N–H and O–H groups in total. The molecule has 3 rings (SSSR count). The Morgan fingerprint density at radius 3 is 1.81 bits per heavy atom. The van der Waals surface area contributed by atoms with Gasteiger partial charge in [0.2, 0.25) is 0 Å². The maximum atomic E-state index is 13.0. The largest absolute Gasteiger partial charge is 0.443 e. The van der Waals surface area contributed by atoms with Gasteiger partial charge in [-0.3, -0.25) is 4.79 Å². The molecule has 0 saturated heterocycles. The molecule has 3 aromatic carbocycles. The van der Waals surface area contributed by atoms with E-state index in [9.17, 15) is 14.4 Å². The lowest BCUT2D eigenvalue weighted by atomic mass is 10.1. The Bertz CT molecular complexity index is 1120. The van der Waals surface area contributed by atoms with Gasteiger partial charge in [-0.05, 0) is 28.8 Å². The van der Waals surface area contributed by atoms with Crippen LogP contribution in [0.25, 0.3) is 0 Å². The fourth-order valence-corrected chi connectivity index (χ4v) is 3.20. The number of hydrogen-bond acceptors (Lipinski definition) is 6. The highest BCUT2D eigenvalue weighted by atomic mass is 16.6. The zero-order valence-corrected chi connectivity index (χ0v) is 20.0. The number of benzene rings is 3. The SMILES string of the molecule is CN(C(=O)OCc1ccccc1)N(Cc1ccc(C(=O)NCCO)cc1)C(=O)OCc1ccccc1. The average molecular weight is 492 g/mol. The van der Waals surface area contributed by atoms with Gasteiger partial charge < -0.3 is 19.9 Å². The Morgan fingerprint density at radius 2 is 1.28 bits per heavy atom. The summed E-state index contributed by atoms with van der Waals surface area (Å²) in [5.74, 6) is -0.323. The molecule has 0 bridgehead atoms. The van der Waals surface area contributed by atoms with E-state index in [0.29, 0.717) is 11.1 Å². The first-order valence-corrected chi connectivity index (χ1v) is 11.4. The smallest absolute Gasteiger partial charge is 0.429 e. The van der Waals surface area contributed by atoms with Crippen molar-refractivity contribution in [1.82, 2.24) is 15.3 Å². The number of hydrazine groups is 1. The number of nitrogens with one attached hydrogen (secondary N) is 1. The molecule has 0 heterocycles. The minimum absolute atomic E-state index is 0.00307. The number of carbonyl (C=O) groups excluding carboxylic acids is 3. The van der Waals surface area contributed by atoms with E-state index in [-0.39, 0.29) is 38.8 Å². The first-order chi connectivity index (χ1) is 17.5. The monoisotopic (exact) mass is 491 g/mol. The number of hydrogen-bond donors (Lipinski definition) is 2. The highest BCUT2D eigenvalue weighted by molar-refractivity contribution is 5.94. The van der Waals surface area contributed by atoms with Gasteiger partial charge in [-0.25, -0.2) is 19.6 Å². The predicted octanol–water partition coefficient (Wildman–Crippen LogP) is 3.73. The van der Waals surface area contributed by atoms with Crippen molar-refractivity contribution in [2.24, 2.45) is 0 Å². The molecule has 0 atom stereocenters. The van der Waals surface area contributed by atoms with Crippen LogP contribution in [0.1, 0.15) is 27.0 Å². The van der Waals surface area contributed by atoms with E-state index in [1.54, 1.807) is 24.3 Å². The van der Waals surface area contributed by atoms with Crippen molar-refractivity contribution in [3.8, 4) is 0 Å². The van der Waals surface area contributed by atoms with Crippen molar-refractivity contribution in [1.29, 1.82) is 0 Å². The fourth-order valence-electron chi connectivity index (χ4n) is 3.20. The molecule has 0 fully saturated rings. The molecule has 0 spiro atoms. The van der Waals surface area contributed by atoms with Crippen LogP contribution in [0.2, 0.25) is 0 Å². The number of rotatable bonds is 9. The molecule has 188 valence electrons. The summed E-state index contributed by atoms with van der Waals surface area (Å²) >= 11 is 0. The Balaban J connectivity index is 1.70. The molecule has 0 aliphatic heterocycles. The third-order valence-electron chi connectivity index (χ3n) is 5.19. The van der Waals surface area contributed by atoms with Crippen LogP contribution >= 0.6 is 0 Å². The molecule has 0 radical (unpaired) electrons. The van der Waals surface area contributed by atoms with E-state index in [1.165, 1.54) is 7.05 Å². The van der Waals surface area contributed by atoms with E-state index < -0.39 is 12.2 Å². The van der Waals surface area contributed by atoms with Gasteiger partial charge in [-0.1, -0.05) is 72.8 Å². The second kappa shape index (κ2) is 13.5. The van der Waals surface area contributed by atoms with Gasteiger partial charge in [0, 0.05) is 19.2 Å². The Morgan fingerprint density at radius 1 is 0.750 bits per heavy atom. The topological polar surface area (TPSA) is 108 Å². The normalized spacial score (nSPS) is 10.3. The van der Waals surface area contributed by atoms with E-state index in [1.807, 2.05) is 60.7 Å². The first-order valence-electron chi connectivity index (χ1n) is 11.4. The summed E-state index contributed by atoms with van der Waals surface area (Å²) in [6.07, 6.45) is -1.46. The summed E-state index contributed by atoms with van der Waals surface area (Å²) in [7, 11) is 1.42. The lowest BCUT2D eigenvalue weighted by Gasteiger charge is -2.30. The number of nitrogens with zero attached hydrogens (tertiary/aromatic N) is 2. The van der Waals surface area contributed by atoms with Crippen molar-refractivity contribution in [3.05, 3.63) is 107 Å². The Labute approximate surface area is 209 Å². The third kappa shape index (κ3) is 7.85. The summed E-state index contributed by atoms with van der Waals surface area (Å²) < 4.78 is 10.8. The minimum Gasteiger partial charge on any atom is -0.443 e. The highest BCUT2D eigenvalue weighted by Crippen LogP contribution is 2.14. The quantitative estimate of drug-likeness (QED) is 0.442. The molecule has 0 aliphatic rings. The highest BCUT2D eigenvalue weighted by Gasteiger charge is 2.26. The molecule has 3 amide bonds. The van der Waals surface area contributed by atoms with E-state index in [4.69, 9.17) is 14.6 Å². The van der Waals surface area contributed by atoms with Crippen LogP contribution in [0.3, 0.4) is 0 Å². The number of amides is 3. The molecule has 0 unspecified atom stereocenters. The molecule has 3 aromatic rings. The molecule has 36 heavy (non-hydrogen) atoms. The van der Waals surface area contributed by atoms with Gasteiger partial charge in [-0.2, -0.15) is 0 Å². The lowest BCUT2D eigenvalue weighted by Crippen LogP contribution is -2.47. The Hall–Kier alpha value is -4.37. The molecule has 0 aromatic heterocycles. The van der Waals surface area contributed by atoms with Crippen molar-refractivity contribution in [2.75, 3.05) is 20.2 Å². The fraction of sp³-hybridized carbons (Fsp3) is 0.222. The Kier molecular flexibility index (Phi) is 9.84. The van der Waals surface area contributed by atoms with Crippen molar-refractivity contribution in [2.45, 2.75) is 19.8 Å². The van der Waals surface area contributed by atoms with Crippen LogP contribution in [0, 0.1) is 0 Å². The van der Waals surface area contributed by atoms with Crippen LogP contribution in [0.15, 0.2) is 84.9 Å². The van der Waals surface area contributed by atoms with E-state index >= 15 is 0 Å². The van der Waals surface area contributed by atoms with Gasteiger partial charge in [0.25, 0.3) is 5.91 Å². The zero-order chi connectivity index (χ0) is 25.8. The molecular formula is C27H29N3O6.